The number of nitrogens with zero attached hydrogens (tertiary/aromatic N) is 4. The molecule has 1 aliphatic heterocycles. The molecule has 7 heteroatoms. The van der Waals surface area contributed by atoms with Crippen molar-refractivity contribution in [2.24, 2.45) is 0 Å². The van der Waals surface area contributed by atoms with Gasteiger partial charge in [0.15, 0.2) is 5.82 Å². The summed E-state index contributed by atoms with van der Waals surface area (Å²) in [5.41, 5.74) is 0.827. The van der Waals surface area contributed by atoms with E-state index in [9.17, 15) is 15.0 Å². The van der Waals surface area contributed by atoms with E-state index in [2.05, 4.69) is 10.1 Å². The summed E-state index contributed by atoms with van der Waals surface area (Å²) >= 11 is 0. The van der Waals surface area contributed by atoms with Crippen molar-refractivity contribution in [3.8, 4) is 22.9 Å². The lowest BCUT2D eigenvalue weighted by atomic mass is 10.1. The van der Waals surface area contributed by atoms with Crippen LogP contribution in [0.25, 0.3) is 11.4 Å². The molecule has 2 aromatic carbocycles. The first-order chi connectivity index (χ1) is 12.6. The number of aromatic nitrogens is 3. The van der Waals surface area contributed by atoms with E-state index in [0.29, 0.717) is 24.7 Å². The van der Waals surface area contributed by atoms with Gasteiger partial charge >= 0.3 is 0 Å². The number of aromatic hydroxyl groups is 2. The van der Waals surface area contributed by atoms with Gasteiger partial charge in [-0.3, -0.25) is 4.79 Å². The minimum Gasteiger partial charge on any atom is -0.507 e. The van der Waals surface area contributed by atoms with Crippen LogP contribution in [0, 0.1) is 0 Å². The molecular formula is C19H18N4O3. The molecule has 0 fully saturated rings. The lowest BCUT2D eigenvalue weighted by Gasteiger charge is -2.33. The maximum absolute atomic E-state index is 12.9. The lowest BCUT2D eigenvalue weighted by Crippen LogP contribution is -2.41. The molecule has 0 spiro atoms. The summed E-state index contributed by atoms with van der Waals surface area (Å²) in [5.74, 6) is 0.396. The van der Waals surface area contributed by atoms with Crippen LogP contribution < -0.4 is 0 Å². The highest BCUT2D eigenvalue weighted by Crippen LogP contribution is 2.32. The molecule has 1 aliphatic rings. The van der Waals surface area contributed by atoms with Gasteiger partial charge in [0.1, 0.15) is 22.9 Å². The Kier molecular flexibility index (Phi) is 3.84. The van der Waals surface area contributed by atoms with Crippen LogP contribution in [0.2, 0.25) is 0 Å². The van der Waals surface area contributed by atoms with Crippen LogP contribution in [0.4, 0.5) is 0 Å². The van der Waals surface area contributed by atoms with Gasteiger partial charge in [0.25, 0.3) is 5.91 Å². The van der Waals surface area contributed by atoms with E-state index in [1.54, 1.807) is 4.90 Å². The summed E-state index contributed by atoms with van der Waals surface area (Å²) in [6, 6.07) is 13.6. The molecule has 3 aromatic rings. The summed E-state index contributed by atoms with van der Waals surface area (Å²) in [6.07, 6.45) is 0. The number of amides is 1. The number of phenols is 2. The van der Waals surface area contributed by atoms with E-state index < -0.39 is 5.91 Å². The first-order valence-corrected chi connectivity index (χ1v) is 8.38. The molecule has 1 atom stereocenters. The summed E-state index contributed by atoms with van der Waals surface area (Å²) in [7, 11) is 0. The molecule has 1 amide bonds. The molecule has 0 radical (unpaired) electrons. The Balaban J connectivity index is 1.67. The van der Waals surface area contributed by atoms with Crippen LogP contribution in [0.5, 0.6) is 11.5 Å². The van der Waals surface area contributed by atoms with Crippen molar-refractivity contribution in [1.82, 2.24) is 19.7 Å². The Bertz CT molecular complexity index is 948. The highest BCUT2D eigenvalue weighted by molar-refractivity contribution is 5.99. The fourth-order valence-electron chi connectivity index (χ4n) is 3.24. The van der Waals surface area contributed by atoms with Gasteiger partial charge in [-0.1, -0.05) is 36.4 Å². The number of carbonyl (C=O) groups excluding carboxylic acids is 1. The molecule has 0 saturated carbocycles. The van der Waals surface area contributed by atoms with Crippen molar-refractivity contribution >= 4 is 5.91 Å². The van der Waals surface area contributed by atoms with E-state index >= 15 is 0 Å². The molecule has 26 heavy (non-hydrogen) atoms. The molecule has 7 nitrogen and oxygen atoms in total. The molecule has 2 N–H and O–H groups in total. The standard InChI is InChI=1S/C19H18N4O3/c1-12-18-20-17(13-6-3-2-4-7-13)21-23(18)11-10-22(12)19(26)16-14(24)8-5-9-15(16)25/h2-9,12,24-25H,10-11H2,1H3/t12-/m0/s1. The van der Waals surface area contributed by atoms with Crippen molar-refractivity contribution in [3.63, 3.8) is 0 Å². The lowest BCUT2D eigenvalue weighted by molar-refractivity contribution is 0.0624. The predicted octanol–water partition coefficient (Wildman–Crippen LogP) is 2.57. The highest BCUT2D eigenvalue weighted by atomic mass is 16.3. The van der Waals surface area contributed by atoms with Crippen molar-refractivity contribution in [1.29, 1.82) is 0 Å². The molecule has 4 rings (SSSR count). The number of hydrogen-bond donors (Lipinski definition) is 2. The number of fused-ring (bicyclic) bond motifs is 1. The van der Waals surface area contributed by atoms with Crippen LogP contribution in [0.1, 0.15) is 29.1 Å². The molecule has 0 saturated heterocycles. The van der Waals surface area contributed by atoms with Gasteiger partial charge in [0, 0.05) is 12.1 Å². The summed E-state index contributed by atoms with van der Waals surface area (Å²) in [5, 5.41) is 24.5. The van der Waals surface area contributed by atoms with Gasteiger partial charge in [-0.25, -0.2) is 9.67 Å². The van der Waals surface area contributed by atoms with Gasteiger partial charge in [-0.15, -0.1) is 0 Å². The minimum absolute atomic E-state index is 0.0874. The Hall–Kier alpha value is -3.35. The zero-order valence-electron chi connectivity index (χ0n) is 14.2. The quantitative estimate of drug-likeness (QED) is 0.741. The monoisotopic (exact) mass is 350 g/mol. The predicted molar refractivity (Wildman–Crippen MR) is 94.7 cm³/mol. The van der Waals surface area contributed by atoms with Crippen molar-refractivity contribution in [2.45, 2.75) is 19.5 Å². The Morgan fingerprint density at radius 1 is 1.04 bits per heavy atom. The molecule has 0 aliphatic carbocycles. The smallest absolute Gasteiger partial charge is 0.262 e. The molecule has 0 unspecified atom stereocenters. The maximum Gasteiger partial charge on any atom is 0.262 e. The van der Waals surface area contributed by atoms with E-state index in [4.69, 9.17) is 0 Å². The molecule has 0 bridgehead atoms. The third kappa shape index (κ3) is 2.57. The Morgan fingerprint density at radius 3 is 2.42 bits per heavy atom. The summed E-state index contributed by atoms with van der Waals surface area (Å²) < 4.78 is 1.81. The average Bonchev–Trinajstić information content (AvgIpc) is 3.08. The maximum atomic E-state index is 12.9. The minimum atomic E-state index is -0.427. The van der Waals surface area contributed by atoms with Crippen molar-refractivity contribution < 1.29 is 15.0 Å². The second-order valence-electron chi connectivity index (χ2n) is 6.23. The van der Waals surface area contributed by atoms with Gasteiger partial charge < -0.3 is 15.1 Å². The third-order valence-corrected chi connectivity index (χ3v) is 4.62. The fraction of sp³-hybridized carbons (Fsp3) is 0.211. The first-order valence-electron chi connectivity index (χ1n) is 8.38. The van der Waals surface area contributed by atoms with Gasteiger partial charge in [-0.05, 0) is 19.1 Å². The second kappa shape index (κ2) is 6.18. The SMILES string of the molecule is C[C@H]1c2nc(-c3ccccc3)nn2CCN1C(=O)c1c(O)cccc1O. The third-order valence-electron chi connectivity index (χ3n) is 4.62. The van der Waals surface area contributed by atoms with E-state index in [1.165, 1.54) is 18.2 Å². The number of hydrogen-bond acceptors (Lipinski definition) is 5. The van der Waals surface area contributed by atoms with E-state index in [1.807, 2.05) is 41.9 Å². The highest BCUT2D eigenvalue weighted by Gasteiger charge is 2.33. The van der Waals surface area contributed by atoms with Gasteiger partial charge in [-0.2, -0.15) is 5.10 Å². The summed E-state index contributed by atoms with van der Waals surface area (Å²) in [6.45, 7) is 2.78. The average molecular weight is 350 g/mol. The largest absolute Gasteiger partial charge is 0.507 e. The van der Waals surface area contributed by atoms with Crippen LogP contribution in [-0.4, -0.2) is 42.3 Å². The Morgan fingerprint density at radius 2 is 1.73 bits per heavy atom. The zero-order valence-corrected chi connectivity index (χ0v) is 14.2. The van der Waals surface area contributed by atoms with Crippen LogP contribution in [0.3, 0.4) is 0 Å². The molecule has 132 valence electrons. The van der Waals surface area contributed by atoms with Crippen molar-refractivity contribution in [2.75, 3.05) is 6.54 Å². The summed E-state index contributed by atoms with van der Waals surface area (Å²) in [4.78, 5) is 19.1. The second-order valence-corrected chi connectivity index (χ2v) is 6.23. The van der Waals surface area contributed by atoms with E-state index in [-0.39, 0.29) is 23.1 Å². The zero-order chi connectivity index (χ0) is 18.3. The molecule has 2 heterocycles. The van der Waals surface area contributed by atoms with Gasteiger partial charge in [0.2, 0.25) is 0 Å². The molecule has 1 aromatic heterocycles. The fourth-order valence-corrected chi connectivity index (χ4v) is 3.24. The molecular weight excluding hydrogens is 332 g/mol. The topological polar surface area (TPSA) is 91.5 Å². The van der Waals surface area contributed by atoms with Crippen molar-refractivity contribution in [3.05, 3.63) is 59.9 Å². The Labute approximate surface area is 150 Å². The van der Waals surface area contributed by atoms with Crippen LogP contribution in [0.15, 0.2) is 48.5 Å². The number of phenolic OH excluding ortho intramolecular Hbond substituents is 2. The first kappa shape index (κ1) is 16.1. The van der Waals surface area contributed by atoms with Gasteiger partial charge in [0.05, 0.1) is 12.6 Å². The number of rotatable bonds is 2. The number of benzene rings is 2. The number of carbonyl (C=O) groups is 1. The normalized spacial score (nSPS) is 16.3. The van der Waals surface area contributed by atoms with Crippen LogP contribution in [-0.2, 0) is 6.54 Å². The van der Waals surface area contributed by atoms with E-state index in [0.717, 1.165) is 5.56 Å². The van der Waals surface area contributed by atoms with Crippen LogP contribution >= 0.6 is 0 Å².